The first kappa shape index (κ1) is 23.0. The minimum absolute atomic E-state index is 0.282. The predicted molar refractivity (Wildman–Crippen MR) is 122 cm³/mol. The Hall–Kier alpha value is -0.630. The molecule has 0 bridgehead atoms. The van der Waals surface area contributed by atoms with Crippen LogP contribution in [0.2, 0.25) is 0 Å². The number of carbonyl (C=O) groups excluding carboxylic acids is 1. The normalized spacial score (nSPS) is 39.3. The van der Waals surface area contributed by atoms with Crippen molar-refractivity contribution in [3.8, 4) is 0 Å². The second-order valence-corrected chi connectivity index (χ2v) is 11.3. The van der Waals surface area contributed by atoms with E-state index in [4.69, 9.17) is 5.11 Å². The second-order valence-electron chi connectivity index (χ2n) is 11.3. The molecule has 1 N–H and O–H groups in total. The Labute approximate surface area is 179 Å². The smallest absolute Gasteiger partial charge is 0.155 e. The molecule has 2 heteroatoms. The van der Waals surface area contributed by atoms with Gasteiger partial charge in [-0.3, -0.25) is 4.79 Å². The first-order valence-corrected chi connectivity index (χ1v) is 12.6. The van der Waals surface area contributed by atoms with Gasteiger partial charge in [0.05, 0.1) is 0 Å². The number of unbranched alkanes of at least 4 members (excludes halogenated alkanes) is 2. The lowest BCUT2D eigenvalue weighted by molar-refractivity contribution is -0.118. The van der Waals surface area contributed by atoms with Gasteiger partial charge in [-0.1, -0.05) is 65.9 Å². The first-order chi connectivity index (χ1) is 13.8. The summed E-state index contributed by atoms with van der Waals surface area (Å²) in [7, 11) is 0. The summed E-state index contributed by atoms with van der Waals surface area (Å²) >= 11 is 0. The number of carbonyl (C=O) groups is 1. The zero-order valence-corrected chi connectivity index (χ0v) is 19.8. The van der Waals surface area contributed by atoms with Crippen molar-refractivity contribution in [3.05, 3.63) is 11.6 Å². The molecule has 7 atom stereocenters. The predicted octanol–water partition coefficient (Wildman–Crippen LogP) is 6.96. The van der Waals surface area contributed by atoms with E-state index in [1.54, 1.807) is 0 Å². The molecule has 2 fully saturated rings. The molecule has 0 spiro atoms. The Balaban J connectivity index is 1.76. The molecule has 0 saturated heterocycles. The molecule has 166 valence electrons. The standard InChI is InChI=1S/C27H46O2/c1-6-24-23-12-11-21-18-22(29)13-15-27(21,5)25(23)14-16-26(24,4)20(3)19(2)10-8-7-9-17-28/h18-20,23-25,28H,6-17H2,1-5H3. The minimum Gasteiger partial charge on any atom is -0.396 e. The molecule has 0 aromatic carbocycles. The van der Waals surface area contributed by atoms with Crippen molar-refractivity contribution >= 4 is 5.78 Å². The van der Waals surface area contributed by atoms with Crippen LogP contribution in [0.25, 0.3) is 0 Å². The van der Waals surface area contributed by atoms with Gasteiger partial charge < -0.3 is 5.11 Å². The molecule has 0 aliphatic heterocycles. The van der Waals surface area contributed by atoms with E-state index in [2.05, 4.69) is 34.6 Å². The van der Waals surface area contributed by atoms with Crippen LogP contribution in [0.1, 0.15) is 105 Å². The third kappa shape index (κ3) is 4.25. The third-order valence-electron chi connectivity index (χ3n) is 10.1. The van der Waals surface area contributed by atoms with Crippen molar-refractivity contribution in [2.24, 2.45) is 40.4 Å². The van der Waals surface area contributed by atoms with E-state index in [0.717, 1.165) is 55.3 Å². The molecule has 2 saturated carbocycles. The van der Waals surface area contributed by atoms with Crippen LogP contribution in [0, 0.1) is 40.4 Å². The van der Waals surface area contributed by atoms with E-state index < -0.39 is 0 Å². The lowest BCUT2D eigenvalue weighted by Gasteiger charge is -2.60. The maximum atomic E-state index is 12.0. The minimum atomic E-state index is 0.282. The summed E-state index contributed by atoms with van der Waals surface area (Å²) in [5, 5.41) is 9.06. The Morgan fingerprint density at radius 1 is 1.10 bits per heavy atom. The third-order valence-corrected chi connectivity index (χ3v) is 10.1. The van der Waals surface area contributed by atoms with Gasteiger partial charge in [0.1, 0.15) is 0 Å². The fraction of sp³-hybridized carbons (Fsp3) is 0.889. The molecule has 7 unspecified atom stereocenters. The van der Waals surface area contributed by atoms with Gasteiger partial charge in [-0.05, 0) is 85.0 Å². The monoisotopic (exact) mass is 402 g/mol. The van der Waals surface area contributed by atoms with Crippen LogP contribution in [-0.4, -0.2) is 17.5 Å². The average Bonchev–Trinajstić information content (AvgIpc) is 2.70. The largest absolute Gasteiger partial charge is 0.396 e. The molecule has 0 aromatic rings. The average molecular weight is 403 g/mol. The molecule has 0 heterocycles. The van der Waals surface area contributed by atoms with Crippen molar-refractivity contribution < 1.29 is 9.90 Å². The number of rotatable bonds is 8. The molecule has 3 aliphatic carbocycles. The van der Waals surface area contributed by atoms with Gasteiger partial charge in [0, 0.05) is 13.0 Å². The van der Waals surface area contributed by atoms with Gasteiger partial charge in [-0.2, -0.15) is 0 Å². The van der Waals surface area contributed by atoms with Crippen LogP contribution in [0.15, 0.2) is 11.6 Å². The van der Waals surface area contributed by atoms with Crippen molar-refractivity contribution in [2.75, 3.05) is 6.61 Å². The molecule has 29 heavy (non-hydrogen) atoms. The summed E-state index contributed by atoms with van der Waals surface area (Å²) in [6.07, 6.45) is 15.0. The Bertz CT molecular complexity index is 608. The van der Waals surface area contributed by atoms with Crippen molar-refractivity contribution in [3.63, 3.8) is 0 Å². The number of aliphatic hydroxyl groups is 1. The van der Waals surface area contributed by atoms with E-state index in [1.165, 1.54) is 50.5 Å². The highest BCUT2D eigenvalue weighted by atomic mass is 16.2. The molecule has 3 rings (SSSR count). The Morgan fingerprint density at radius 3 is 2.55 bits per heavy atom. The fourth-order valence-corrected chi connectivity index (χ4v) is 7.90. The Kier molecular flexibility index (Phi) is 7.35. The van der Waals surface area contributed by atoms with Crippen LogP contribution in [0.5, 0.6) is 0 Å². The highest BCUT2D eigenvalue weighted by Crippen LogP contribution is 2.64. The fourth-order valence-electron chi connectivity index (χ4n) is 7.90. The van der Waals surface area contributed by atoms with Crippen molar-refractivity contribution in [1.29, 1.82) is 0 Å². The van der Waals surface area contributed by atoms with Gasteiger partial charge in [0.15, 0.2) is 5.78 Å². The van der Waals surface area contributed by atoms with E-state index >= 15 is 0 Å². The van der Waals surface area contributed by atoms with E-state index in [1.807, 2.05) is 6.08 Å². The quantitative estimate of drug-likeness (QED) is 0.446. The molecule has 2 nitrogen and oxygen atoms in total. The zero-order valence-electron chi connectivity index (χ0n) is 19.8. The van der Waals surface area contributed by atoms with Crippen LogP contribution >= 0.6 is 0 Å². The second kappa shape index (κ2) is 9.25. The van der Waals surface area contributed by atoms with Crippen LogP contribution in [-0.2, 0) is 4.79 Å². The van der Waals surface area contributed by atoms with Crippen molar-refractivity contribution in [1.82, 2.24) is 0 Å². The number of fused-ring (bicyclic) bond motifs is 3. The molecule has 3 aliphatic rings. The van der Waals surface area contributed by atoms with E-state index in [0.29, 0.717) is 17.8 Å². The molecular formula is C27H46O2. The van der Waals surface area contributed by atoms with Crippen LogP contribution in [0.4, 0.5) is 0 Å². The molecule has 0 amide bonds. The summed E-state index contributed by atoms with van der Waals surface area (Å²) in [6, 6.07) is 0. The van der Waals surface area contributed by atoms with Gasteiger partial charge in [-0.25, -0.2) is 0 Å². The number of aliphatic hydroxyl groups excluding tert-OH is 1. The summed E-state index contributed by atoms with van der Waals surface area (Å²) in [5.41, 5.74) is 2.21. The van der Waals surface area contributed by atoms with Crippen LogP contribution in [0.3, 0.4) is 0 Å². The summed E-state index contributed by atoms with van der Waals surface area (Å²) < 4.78 is 0. The van der Waals surface area contributed by atoms with Crippen LogP contribution < -0.4 is 0 Å². The van der Waals surface area contributed by atoms with Gasteiger partial charge >= 0.3 is 0 Å². The summed E-state index contributed by atoms with van der Waals surface area (Å²) in [6.45, 7) is 12.9. The molecular weight excluding hydrogens is 356 g/mol. The molecule has 0 aromatic heterocycles. The van der Waals surface area contributed by atoms with Gasteiger partial charge in [0.25, 0.3) is 0 Å². The summed E-state index contributed by atoms with van der Waals surface area (Å²) in [4.78, 5) is 12.0. The first-order valence-electron chi connectivity index (χ1n) is 12.6. The maximum absolute atomic E-state index is 12.0. The highest BCUT2D eigenvalue weighted by molar-refractivity contribution is 5.91. The number of ketones is 1. The number of allylic oxidation sites excluding steroid dienone is 2. The number of hydrogen-bond acceptors (Lipinski definition) is 2. The van der Waals surface area contributed by atoms with E-state index in [9.17, 15) is 4.79 Å². The SMILES string of the molecule is CCC1C2CCC3=CC(=O)CCC3(C)C2CCC1(C)C(C)C(C)CCCCCO. The lowest BCUT2D eigenvalue weighted by Crippen LogP contribution is -2.53. The van der Waals surface area contributed by atoms with E-state index in [-0.39, 0.29) is 5.41 Å². The topological polar surface area (TPSA) is 37.3 Å². The summed E-state index contributed by atoms with van der Waals surface area (Å²) in [5.74, 6) is 4.30. The van der Waals surface area contributed by atoms with Crippen molar-refractivity contribution in [2.45, 2.75) is 105 Å². The molecule has 0 radical (unpaired) electrons. The highest BCUT2D eigenvalue weighted by Gasteiger charge is 2.55. The maximum Gasteiger partial charge on any atom is 0.155 e. The van der Waals surface area contributed by atoms with Gasteiger partial charge in [-0.15, -0.1) is 0 Å². The van der Waals surface area contributed by atoms with Gasteiger partial charge in [0.2, 0.25) is 0 Å². The zero-order chi connectivity index (χ0) is 21.2. The lowest BCUT2D eigenvalue weighted by atomic mass is 9.44. The Morgan fingerprint density at radius 2 is 1.86 bits per heavy atom. The number of hydrogen-bond donors (Lipinski definition) is 1.